The molecular formula is C13H11NO2. The quantitative estimate of drug-likeness (QED) is 0.710. The van der Waals surface area contributed by atoms with Gasteiger partial charge in [-0.05, 0) is 18.1 Å². The van der Waals surface area contributed by atoms with E-state index in [2.05, 4.69) is 5.32 Å². The first-order valence-corrected chi connectivity index (χ1v) is 5.35. The highest BCUT2D eigenvalue weighted by molar-refractivity contribution is 6.07. The van der Waals surface area contributed by atoms with Crippen molar-refractivity contribution >= 4 is 11.7 Å². The molecule has 0 unspecified atom stereocenters. The molecule has 2 aliphatic rings. The maximum absolute atomic E-state index is 11.7. The summed E-state index contributed by atoms with van der Waals surface area (Å²) >= 11 is 0. The van der Waals surface area contributed by atoms with Crippen LogP contribution in [0.2, 0.25) is 0 Å². The maximum atomic E-state index is 11.7. The lowest BCUT2D eigenvalue weighted by molar-refractivity contribution is -0.119. The molecule has 1 spiro atoms. The number of allylic oxidation sites excluding steroid dienone is 1. The van der Waals surface area contributed by atoms with E-state index < -0.39 is 5.54 Å². The van der Waals surface area contributed by atoms with Gasteiger partial charge in [0, 0.05) is 12.0 Å². The van der Waals surface area contributed by atoms with Gasteiger partial charge < -0.3 is 5.32 Å². The lowest BCUT2D eigenvalue weighted by Gasteiger charge is -2.30. The standard InChI is InChI=1S/C13H11NO2/c15-11-5-7-13(8-6-12(16)14-13)10-4-2-1-3-9(10)11/h1-5,7H,6,8H2,(H,14,16)/t13-/m1/s1. The van der Waals surface area contributed by atoms with Crippen LogP contribution in [0.5, 0.6) is 0 Å². The molecule has 1 aliphatic carbocycles. The van der Waals surface area contributed by atoms with Crippen LogP contribution in [0.1, 0.15) is 28.8 Å². The number of hydrogen-bond acceptors (Lipinski definition) is 2. The van der Waals surface area contributed by atoms with Gasteiger partial charge in [0.1, 0.15) is 0 Å². The van der Waals surface area contributed by atoms with Gasteiger partial charge in [-0.15, -0.1) is 0 Å². The van der Waals surface area contributed by atoms with Crippen LogP contribution in [-0.2, 0) is 10.3 Å². The van der Waals surface area contributed by atoms with E-state index in [1.807, 2.05) is 30.3 Å². The summed E-state index contributed by atoms with van der Waals surface area (Å²) < 4.78 is 0. The average molecular weight is 213 g/mol. The molecule has 3 heteroatoms. The van der Waals surface area contributed by atoms with Crippen LogP contribution in [0.3, 0.4) is 0 Å². The molecule has 0 saturated carbocycles. The number of benzene rings is 1. The fourth-order valence-corrected chi connectivity index (χ4v) is 2.50. The first-order chi connectivity index (χ1) is 7.71. The van der Waals surface area contributed by atoms with Crippen LogP contribution in [0.4, 0.5) is 0 Å². The molecule has 0 aromatic heterocycles. The number of amides is 1. The van der Waals surface area contributed by atoms with Crippen molar-refractivity contribution in [2.75, 3.05) is 0 Å². The van der Waals surface area contributed by atoms with Crippen LogP contribution in [-0.4, -0.2) is 11.7 Å². The third-order valence-corrected chi connectivity index (χ3v) is 3.30. The largest absolute Gasteiger partial charge is 0.343 e. The molecule has 1 N–H and O–H groups in total. The second-order valence-electron chi connectivity index (χ2n) is 4.26. The molecule has 3 rings (SSSR count). The fourth-order valence-electron chi connectivity index (χ4n) is 2.50. The van der Waals surface area contributed by atoms with E-state index in [4.69, 9.17) is 0 Å². The first-order valence-electron chi connectivity index (χ1n) is 5.35. The van der Waals surface area contributed by atoms with Crippen LogP contribution >= 0.6 is 0 Å². The molecule has 1 fully saturated rings. The Hall–Kier alpha value is -1.90. The highest BCUT2D eigenvalue weighted by atomic mass is 16.2. The summed E-state index contributed by atoms with van der Waals surface area (Å²) in [7, 11) is 0. The molecule has 0 radical (unpaired) electrons. The van der Waals surface area contributed by atoms with Gasteiger partial charge in [-0.1, -0.05) is 30.3 Å². The monoisotopic (exact) mass is 213 g/mol. The Bertz CT molecular complexity index is 518. The van der Waals surface area contributed by atoms with Gasteiger partial charge in [0.2, 0.25) is 5.91 Å². The average Bonchev–Trinajstić information content (AvgIpc) is 2.68. The lowest BCUT2D eigenvalue weighted by Crippen LogP contribution is -2.39. The van der Waals surface area contributed by atoms with E-state index in [-0.39, 0.29) is 11.7 Å². The number of hydrogen-bond donors (Lipinski definition) is 1. The first kappa shape index (κ1) is 9.33. The van der Waals surface area contributed by atoms with E-state index >= 15 is 0 Å². The van der Waals surface area contributed by atoms with Crippen molar-refractivity contribution in [3.8, 4) is 0 Å². The van der Waals surface area contributed by atoms with E-state index in [1.54, 1.807) is 6.08 Å². The zero-order valence-corrected chi connectivity index (χ0v) is 8.69. The van der Waals surface area contributed by atoms with Crippen molar-refractivity contribution in [3.05, 3.63) is 47.5 Å². The number of ketones is 1. The van der Waals surface area contributed by atoms with E-state index in [0.717, 1.165) is 12.0 Å². The van der Waals surface area contributed by atoms with Crippen molar-refractivity contribution in [3.63, 3.8) is 0 Å². The summed E-state index contributed by atoms with van der Waals surface area (Å²) in [5, 5.41) is 2.97. The van der Waals surface area contributed by atoms with Gasteiger partial charge in [0.15, 0.2) is 5.78 Å². The minimum absolute atomic E-state index is 0.0161. The van der Waals surface area contributed by atoms with Crippen LogP contribution in [0, 0.1) is 0 Å². The zero-order chi connectivity index (χ0) is 11.2. The Balaban J connectivity index is 2.19. The summed E-state index contributed by atoms with van der Waals surface area (Å²) in [4.78, 5) is 23.1. The van der Waals surface area contributed by atoms with Crippen molar-refractivity contribution in [2.24, 2.45) is 0 Å². The van der Waals surface area contributed by atoms with Crippen molar-refractivity contribution in [1.82, 2.24) is 5.32 Å². The van der Waals surface area contributed by atoms with E-state index in [1.165, 1.54) is 0 Å². The predicted octanol–water partition coefficient (Wildman–Crippen LogP) is 1.54. The molecule has 1 heterocycles. The molecule has 16 heavy (non-hydrogen) atoms. The summed E-state index contributed by atoms with van der Waals surface area (Å²) in [6.45, 7) is 0. The van der Waals surface area contributed by atoms with Gasteiger partial charge >= 0.3 is 0 Å². The summed E-state index contributed by atoms with van der Waals surface area (Å²) in [5.41, 5.74) is 1.18. The van der Waals surface area contributed by atoms with Crippen LogP contribution in [0.15, 0.2) is 36.4 Å². The molecule has 3 nitrogen and oxygen atoms in total. The predicted molar refractivity (Wildman–Crippen MR) is 59.0 cm³/mol. The summed E-state index contributed by atoms with van der Waals surface area (Å²) in [5.74, 6) is 0.0659. The number of rotatable bonds is 0. The highest BCUT2D eigenvalue weighted by Gasteiger charge is 2.41. The third kappa shape index (κ3) is 1.14. The van der Waals surface area contributed by atoms with Crippen molar-refractivity contribution in [2.45, 2.75) is 18.4 Å². The Morgan fingerprint density at radius 1 is 1.19 bits per heavy atom. The van der Waals surface area contributed by atoms with Gasteiger partial charge in [-0.25, -0.2) is 0 Å². The Morgan fingerprint density at radius 3 is 2.75 bits per heavy atom. The van der Waals surface area contributed by atoms with Gasteiger partial charge in [-0.3, -0.25) is 9.59 Å². The van der Waals surface area contributed by atoms with Gasteiger partial charge in [0.25, 0.3) is 0 Å². The maximum Gasteiger partial charge on any atom is 0.221 e. The second-order valence-corrected chi connectivity index (χ2v) is 4.26. The number of carbonyl (C=O) groups is 2. The number of nitrogens with one attached hydrogen (secondary N) is 1. The Kier molecular flexibility index (Phi) is 1.78. The molecule has 0 bridgehead atoms. The molecule has 1 amide bonds. The van der Waals surface area contributed by atoms with Crippen LogP contribution in [0.25, 0.3) is 0 Å². The minimum Gasteiger partial charge on any atom is -0.343 e. The molecule has 80 valence electrons. The van der Waals surface area contributed by atoms with Crippen LogP contribution < -0.4 is 5.32 Å². The second kappa shape index (κ2) is 3.04. The van der Waals surface area contributed by atoms with Gasteiger partial charge in [-0.2, -0.15) is 0 Å². The molecule has 1 aliphatic heterocycles. The van der Waals surface area contributed by atoms with Crippen molar-refractivity contribution < 1.29 is 9.59 Å². The number of fused-ring (bicyclic) bond motifs is 2. The SMILES string of the molecule is O=C1CC[C@@]2(C=CC(=O)c3ccccc32)N1. The topological polar surface area (TPSA) is 46.2 Å². The summed E-state index contributed by atoms with van der Waals surface area (Å²) in [6.07, 6.45) is 4.63. The molecule has 1 atom stereocenters. The Labute approximate surface area is 93.2 Å². The lowest BCUT2D eigenvalue weighted by atomic mass is 9.80. The molecular weight excluding hydrogens is 202 g/mol. The third-order valence-electron chi connectivity index (χ3n) is 3.30. The smallest absolute Gasteiger partial charge is 0.221 e. The normalized spacial score (nSPS) is 27.0. The molecule has 1 saturated heterocycles. The zero-order valence-electron chi connectivity index (χ0n) is 8.69. The number of carbonyl (C=O) groups excluding carboxylic acids is 2. The molecule has 1 aromatic rings. The van der Waals surface area contributed by atoms with Crippen molar-refractivity contribution in [1.29, 1.82) is 0 Å². The fraction of sp³-hybridized carbons (Fsp3) is 0.231. The molecule has 1 aromatic carbocycles. The summed E-state index contributed by atoms with van der Waals surface area (Å²) in [6, 6.07) is 7.48. The highest BCUT2D eigenvalue weighted by Crippen LogP contribution is 2.37. The minimum atomic E-state index is -0.443. The Morgan fingerprint density at radius 2 is 2.00 bits per heavy atom. The van der Waals surface area contributed by atoms with E-state index in [0.29, 0.717) is 12.0 Å². The van der Waals surface area contributed by atoms with Gasteiger partial charge in [0.05, 0.1) is 5.54 Å². The van der Waals surface area contributed by atoms with E-state index in [9.17, 15) is 9.59 Å².